The molecule has 0 bridgehead atoms. The van der Waals surface area contributed by atoms with Gasteiger partial charge >= 0.3 is 0 Å². The van der Waals surface area contributed by atoms with Gasteiger partial charge in [-0.2, -0.15) is 0 Å². The van der Waals surface area contributed by atoms with Crippen molar-refractivity contribution in [2.75, 3.05) is 0 Å². The Hall–Kier alpha value is -3.66. The topological polar surface area (TPSA) is 81.4 Å². The molecule has 9 rings (SSSR count). The zero-order valence-electron chi connectivity index (χ0n) is 21.7. The highest BCUT2D eigenvalue weighted by molar-refractivity contribution is 6.04. The number of piperidine rings is 2. The second kappa shape index (κ2) is 7.05. The predicted octanol–water partition coefficient (Wildman–Crippen LogP) is 5.62. The van der Waals surface area contributed by atoms with Crippen LogP contribution in [0.1, 0.15) is 74.4 Å². The van der Waals surface area contributed by atoms with Gasteiger partial charge in [0.25, 0.3) is 0 Å². The fourth-order valence-corrected chi connectivity index (χ4v) is 7.16. The summed E-state index contributed by atoms with van der Waals surface area (Å²) in [6.07, 6.45) is 4.92. The quantitative estimate of drug-likeness (QED) is 0.238. The predicted molar refractivity (Wildman–Crippen MR) is 150 cm³/mol. The molecule has 5 aromatic rings. The molecule has 4 N–H and O–H groups in total. The van der Waals surface area contributed by atoms with Crippen LogP contribution in [0.3, 0.4) is 0 Å². The number of H-pyrrole nitrogens is 2. The van der Waals surface area contributed by atoms with Gasteiger partial charge in [0.15, 0.2) is 0 Å². The summed E-state index contributed by atoms with van der Waals surface area (Å²) in [7, 11) is 0. The zero-order chi connectivity index (χ0) is 25.2. The lowest BCUT2D eigenvalue weighted by molar-refractivity contribution is 0.489. The highest BCUT2D eigenvalue weighted by atomic mass is 15.1. The number of hydrogen-bond donors (Lipinski definition) is 4. The molecule has 2 saturated carbocycles. The van der Waals surface area contributed by atoms with Crippen molar-refractivity contribution >= 4 is 32.8 Å². The first-order chi connectivity index (χ1) is 18.4. The number of hydrogen-bond acceptors (Lipinski definition) is 4. The van der Waals surface area contributed by atoms with Gasteiger partial charge in [0, 0.05) is 28.6 Å². The molecule has 2 aliphatic carbocycles. The van der Waals surface area contributed by atoms with E-state index in [0.717, 1.165) is 57.7 Å². The van der Waals surface area contributed by atoms with E-state index in [1.54, 1.807) is 0 Å². The van der Waals surface area contributed by atoms with Gasteiger partial charge in [0.1, 0.15) is 11.6 Å². The summed E-state index contributed by atoms with van der Waals surface area (Å²) in [5.74, 6) is 8.85. The smallest absolute Gasteiger partial charge is 0.124 e. The molecule has 0 spiro atoms. The second-order valence-electron chi connectivity index (χ2n) is 12.8. The third-order valence-electron chi connectivity index (χ3n) is 9.85. The number of nitrogens with one attached hydrogen (secondary N) is 4. The molecule has 4 fully saturated rings. The summed E-state index contributed by atoms with van der Waals surface area (Å²) >= 11 is 0. The minimum absolute atomic E-state index is 0.331. The van der Waals surface area contributed by atoms with Gasteiger partial charge in [-0.1, -0.05) is 37.8 Å². The van der Waals surface area contributed by atoms with E-state index in [1.165, 1.54) is 23.6 Å². The molecule has 0 radical (unpaired) electrons. The van der Waals surface area contributed by atoms with Gasteiger partial charge in [0.2, 0.25) is 0 Å². The van der Waals surface area contributed by atoms with E-state index in [9.17, 15) is 0 Å². The van der Waals surface area contributed by atoms with Gasteiger partial charge in [-0.15, -0.1) is 0 Å². The maximum atomic E-state index is 4.93. The summed E-state index contributed by atoms with van der Waals surface area (Å²) in [5.41, 5.74) is 7.13. The standard InChI is InChI=1S/C32H30N6/c1-31-13-24(33-26(31)15-31)29-35-21-9-6-18(12-23(21)37-29)4-3-17-5-8-20-19(11-17)7-10-22-28(20)38-30(36-22)25-14-32(2)16-27(32)34-25/h5-12,24-27,33-34H,13-16H2,1-2H3,(H,35,37)(H,36,38)/t24-,25-,26?,27?,31?,32-/m0/s1. The van der Waals surface area contributed by atoms with E-state index in [0.29, 0.717) is 35.0 Å². The Morgan fingerprint density at radius 3 is 2.08 bits per heavy atom. The van der Waals surface area contributed by atoms with Crippen molar-refractivity contribution < 1.29 is 0 Å². The Kier molecular flexibility index (Phi) is 3.95. The molecule has 188 valence electrons. The fourth-order valence-electron chi connectivity index (χ4n) is 7.16. The molecular formula is C32H30N6. The van der Waals surface area contributed by atoms with Gasteiger partial charge in [-0.05, 0) is 78.3 Å². The number of aromatic amines is 2. The van der Waals surface area contributed by atoms with Gasteiger partial charge < -0.3 is 20.6 Å². The number of benzene rings is 3. The fraction of sp³-hybridized carbons (Fsp3) is 0.375. The molecule has 2 saturated heterocycles. The van der Waals surface area contributed by atoms with E-state index in [1.807, 2.05) is 0 Å². The van der Waals surface area contributed by atoms with Crippen LogP contribution in [0, 0.1) is 22.7 Å². The summed E-state index contributed by atoms with van der Waals surface area (Å²) in [6, 6.07) is 19.0. The van der Waals surface area contributed by atoms with E-state index in [4.69, 9.17) is 9.97 Å². The number of rotatable bonds is 2. The van der Waals surface area contributed by atoms with Crippen molar-refractivity contribution in [2.24, 2.45) is 10.8 Å². The van der Waals surface area contributed by atoms with Crippen LogP contribution in [0.5, 0.6) is 0 Å². The average molecular weight is 499 g/mol. The molecule has 38 heavy (non-hydrogen) atoms. The molecule has 4 aliphatic rings. The average Bonchev–Trinajstić information content (AvgIpc) is 3.40. The van der Waals surface area contributed by atoms with Crippen LogP contribution < -0.4 is 10.6 Å². The Morgan fingerprint density at radius 1 is 0.711 bits per heavy atom. The van der Waals surface area contributed by atoms with Crippen LogP contribution in [0.4, 0.5) is 0 Å². The first-order valence-electron chi connectivity index (χ1n) is 13.9. The largest absolute Gasteiger partial charge is 0.341 e. The van der Waals surface area contributed by atoms with Crippen LogP contribution >= 0.6 is 0 Å². The first kappa shape index (κ1) is 21.3. The first-order valence-corrected chi connectivity index (χ1v) is 13.9. The summed E-state index contributed by atoms with van der Waals surface area (Å²) < 4.78 is 0. The van der Waals surface area contributed by atoms with E-state index in [2.05, 4.69) is 94.8 Å². The maximum Gasteiger partial charge on any atom is 0.124 e. The lowest BCUT2D eigenvalue weighted by Gasteiger charge is -2.10. The van der Waals surface area contributed by atoms with Gasteiger partial charge in [-0.25, -0.2) is 9.97 Å². The minimum atomic E-state index is 0.331. The van der Waals surface area contributed by atoms with E-state index in [-0.39, 0.29) is 0 Å². The molecule has 6 atom stereocenters. The molecule has 3 unspecified atom stereocenters. The molecular weight excluding hydrogens is 468 g/mol. The van der Waals surface area contributed by atoms with Crippen LogP contribution in [0.25, 0.3) is 32.8 Å². The Morgan fingerprint density at radius 2 is 1.37 bits per heavy atom. The molecule has 3 aromatic carbocycles. The van der Waals surface area contributed by atoms with E-state index >= 15 is 0 Å². The molecule has 2 aromatic heterocycles. The van der Waals surface area contributed by atoms with Crippen molar-refractivity contribution in [3.63, 3.8) is 0 Å². The number of nitrogens with zero attached hydrogens (tertiary/aromatic N) is 2. The van der Waals surface area contributed by atoms with Crippen molar-refractivity contribution in [1.82, 2.24) is 30.6 Å². The number of fused-ring (bicyclic) bond motifs is 6. The number of aromatic nitrogens is 4. The lowest BCUT2D eigenvalue weighted by atomic mass is 10.0. The third kappa shape index (κ3) is 3.15. The van der Waals surface area contributed by atoms with Gasteiger partial charge in [0.05, 0.1) is 34.2 Å². The van der Waals surface area contributed by atoms with Crippen LogP contribution in [-0.2, 0) is 0 Å². The normalized spacial score (nSPS) is 32.9. The number of imidazole rings is 2. The minimum Gasteiger partial charge on any atom is -0.341 e. The molecule has 6 heteroatoms. The maximum absolute atomic E-state index is 4.93. The zero-order valence-corrected chi connectivity index (χ0v) is 21.7. The lowest BCUT2D eigenvalue weighted by Crippen LogP contribution is -2.18. The molecule has 0 amide bonds. The van der Waals surface area contributed by atoms with Crippen LogP contribution in [0.15, 0.2) is 48.5 Å². The summed E-state index contributed by atoms with van der Waals surface area (Å²) in [5, 5.41) is 9.84. The highest BCUT2D eigenvalue weighted by Crippen LogP contribution is 2.58. The van der Waals surface area contributed by atoms with Crippen LogP contribution in [-0.4, -0.2) is 32.0 Å². The third-order valence-corrected chi connectivity index (χ3v) is 9.85. The Labute approximate surface area is 221 Å². The summed E-state index contributed by atoms with van der Waals surface area (Å²) in [6.45, 7) is 4.75. The van der Waals surface area contributed by atoms with E-state index < -0.39 is 0 Å². The highest BCUT2D eigenvalue weighted by Gasteiger charge is 2.58. The molecule has 2 aliphatic heterocycles. The Bertz CT molecular complexity index is 1870. The van der Waals surface area contributed by atoms with Crippen molar-refractivity contribution in [3.05, 3.63) is 71.3 Å². The van der Waals surface area contributed by atoms with Gasteiger partial charge in [-0.3, -0.25) is 0 Å². The molecule has 4 heterocycles. The van der Waals surface area contributed by atoms with Crippen LogP contribution in [0.2, 0.25) is 0 Å². The molecule has 6 nitrogen and oxygen atoms in total. The second-order valence-corrected chi connectivity index (χ2v) is 12.8. The van der Waals surface area contributed by atoms with Crippen molar-refractivity contribution in [3.8, 4) is 11.8 Å². The summed E-state index contributed by atoms with van der Waals surface area (Å²) in [4.78, 5) is 17.0. The SMILES string of the molecule is CC12CC1N[C@H](c1nc3cc(C#Cc4ccc5c(ccc6nc([C@@H]7C[C@@]8(C)CC8N7)[nH]c65)c4)ccc3[nH]1)C2. The monoisotopic (exact) mass is 498 g/mol. The Balaban J connectivity index is 0.992. The van der Waals surface area contributed by atoms with Crippen molar-refractivity contribution in [1.29, 1.82) is 0 Å². The van der Waals surface area contributed by atoms with Crippen molar-refractivity contribution in [2.45, 2.75) is 63.7 Å².